The van der Waals surface area contributed by atoms with Crippen LogP contribution >= 0.6 is 0 Å². The van der Waals surface area contributed by atoms with E-state index in [2.05, 4.69) is 49.8 Å². The van der Waals surface area contributed by atoms with E-state index in [1.54, 1.807) is 29.1 Å². The van der Waals surface area contributed by atoms with Gasteiger partial charge in [-0.3, -0.25) is 15.2 Å². The molecule has 0 fully saturated rings. The van der Waals surface area contributed by atoms with Gasteiger partial charge in [-0.25, -0.2) is 0 Å². The minimum Gasteiger partial charge on any atom is -0.289 e. The average molecular weight is 354 g/mol. The molecule has 9 heteroatoms. The van der Waals surface area contributed by atoms with Crippen LogP contribution < -0.4 is 5.32 Å². The van der Waals surface area contributed by atoms with Crippen LogP contribution in [0.3, 0.4) is 0 Å². The van der Waals surface area contributed by atoms with Gasteiger partial charge < -0.3 is 0 Å². The minimum absolute atomic E-state index is 0.142. The van der Waals surface area contributed by atoms with Crippen LogP contribution in [-0.2, 0) is 6.42 Å². The first kappa shape index (κ1) is 17.7. The highest BCUT2D eigenvalue weighted by Gasteiger charge is 2.12. The SMILES string of the molecule is CC(C)Cc1nc(NC(=O)c2ccc(-c3nnn(C(C)C)n3)cc2)n[nH]1. The van der Waals surface area contributed by atoms with Crippen LogP contribution in [0.15, 0.2) is 24.3 Å². The third-order valence-electron chi connectivity index (χ3n) is 3.65. The zero-order valence-electron chi connectivity index (χ0n) is 15.3. The normalized spacial score (nSPS) is 11.3. The number of hydrogen-bond acceptors (Lipinski definition) is 6. The van der Waals surface area contributed by atoms with Crippen LogP contribution in [0.1, 0.15) is 49.9 Å². The number of nitrogens with zero attached hydrogens (tertiary/aromatic N) is 6. The molecular weight excluding hydrogens is 332 g/mol. The third kappa shape index (κ3) is 4.11. The zero-order valence-corrected chi connectivity index (χ0v) is 15.3. The molecule has 0 aliphatic rings. The summed E-state index contributed by atoms with van der Waals surface area (Å²) in [4.78, 5) is 18.2. The van der Waals surface area contributed by atoms with Crippen LogP contribution in [0.5, 0.6) is 0 Å². The Morgan fingerprint density at radius 1 is 1.19 bits per heavy atom. The monoisotopic (exact) mass is 354 g/mol. The second-order valence-corrected chi connectivity index (χ2v) is 6.76. The van der Waals surface area contributed by atoms with Gasteiger partial charge in [0.05, 0.1) is 6.04 Å². The number of amides is 1. The largest absolute Gasteiger partial charge is 0.289 e. The molecule has 136 valence electrons. The minimum atomic E-state index is -0.273. The highest BCUT2D eigenvalue weighted by atomic mass is 16.1. The van der Waals surface area contributed by atoms with E-state index in [-0.39, 0.29) is 17.9 Å². The van der Waals surface area contributed by atoms with Gasteiger partial charge >= 0.3 is 0 Å². The van der Waals surface area contributed by atoms with Gasteiger partial charge in [0, 0.05) is 17.5 Å². The summed E-state index contributed by atoms with van der Waals surface area (Å²) in [7, 11) is 0. The first-order chi connectivity index (χ1) is 12.4. The lowest BCUT2D eigenvalue weighted by atomic mass is 10.1. The van der Waals surface area contributed by atoms with Crippen molar-refractivity contribution in [3.05, 3.63) is 35.7 Å². The smallest absolute Gasteiger partial charge is 0.258 e. The van der Waals surface area contributed by atoms with Crippen LogP contribution in [0.25, 0.3) is 11.4 Å². The number of hydrogen-bond donors (Lipinski definition) is 2. The molecule has 1 aromatic carbocycles. The van der Waals surface area contributed by atoms with Gasteiger partial charge in [-0.1, -0.05) is 26.0 Å². The second-order valence-electron chi connectivity index (χ2n) is 6.76. The first-order valence-corrected chi connectivity index (χ1v) is 8.55. The van der Waals surface area contributed by atoms with Gasteiger partial charge in [0.15, 0.2) is 0 Å². The maximum atomic E-state index is 12.3. The fourth-order valence-electron chi connectivity index (χ4n) is 2.33. The van der Waals surface area contributed by atoms with Crippen molar-refractivity contribution in [2.45, 2.75) is 40.2 Å². The molecule has 0 spiro atoms. The number of benzene rings is 1. The van der Waals surface area contributed by atoms with E-state index in [0.29, 0.717) is 17.3 Å². The molecule has 3 aromatic rings. The molecule has 3 rings (SSSR count). The number of H-pyrrole nitrogens is 1. The highest BCUT2D eigenvalue weighted by Crippen LogP contribution is 2.16. The van der Waals surface area contributed by atoms with Crippen molar-refractivity contribution in [3.63, 3.8) is 0 Å². The van der Waals surface area contributed by atoms with Crippen LogP contribution in [-0.4, -0.2) is 41.3 Å². The van der Waals surface area contributed by atoms with E-state index in [4.69, 9.17) is 0 Å². The predicted molar refractivity (Wildman–Crippen MR) is 96.5 cm³/mol. The summed E-state index contributed by atoms with van der Waals surface area (Å²) in [5, 5.41) is 21.9. The van der Waals surface area contributed by atoms with Crippen molar-refractivity contribution in [1.29, 1.82) is 0 Å². The van der Waals surface area contributed by atoms with Gasteiger partial charge in [-0.2, -0.15) is 9.78 Å². The Morgan fingerprint density at radius 3 is 2.54 bits per heavy atom. The van der Waals surface area contributed by atoms with Gasteiger partial charge in [0.2, 0.25) is 11.8 Å². The van der Waals surface area contributed by atoms with E-state index >= 15 is 0 Å². The Morgan fingerprint density at radius 2 is 1.92 bits per heavy atom. The predicted octanol–water partition coefficient (Wildman–Crippen LogP) is 2.49. The van der Waals surface area contributed by atoms with Gasteiger partial charge in [0.25, 0.3) is 5.91 Å². The number of carbonyl (C=O) groups excluding carboxylic acids is 1. The van der Waals surface area contributed by atoms with Crippen molar-refractivity contribution in [2.75, 3.05) is 5.32 Å². The van der Waals surface area contributed by atoms with Crippen LogP contribution in [0.2, 0.25) is 0 Å². The lowest BCUT2D eigenvalue weighted by Gasteiger charge is -2.02. The Kier molecular flexibility index (Phi) is 5.06. The fourth-order valence-corrected chi connectivity index (χ4v) is 2.33. The summed E-state index contributed by atoms with van der Waals surface area (Å²) >= 11 is 0. The van der Waals surface area contributed by atoms with Crippen LogP contribution in [0.4, 0.5) is 5.95 Å². The Balaban J connectivity index is 1.67. The van der Waals surface area contributed by atoms with Crippen molar-refractivity contribution in [1.82, 2.24) is 35.4 Å². The number of anilines is 1. The topological polar surface area (TPSA) is 114 Å². The summed E-state index contributed by atoms with van der Waals surface area (Å²) in [5.74, 6) is 1.74. The number of aromatic nitrogens is 7. The summed E-state index contributed by atoms with van der Waals surface area (Å²) in [6, 6.07) is 7.14. The maximum absolute atomic E-state index is 12.3. The number of carbonyl (C=O) groups is 1. The number of aromatic amines is 1. The molecule has 0 saturated carbocycles. The highest BCUT2D eigenvalue weighted by molar-refractivity contribution is 6.03. The van der Waals surface area contributed by atoms with Crippen molar-refractivity contribution < 1.29 is 4.79 Å². The summed E-state index contributed by atoms with van der Waals surface area (Å²) in [5.41, 5.74) is 1.30. The molecule has 0 aliphatic carbocycles. The van der Waals surface area contributed by atoms with E-state index in [0.717, 1.165) is 17.8 Å². The van der Waals surface area contributed by atoms with E-state index in [1.807, 2.05) is 13.8 Å². The molecule has 0 aliphatic heterocycles. The standard InChI is InChI=1S/C17H22N8O/c1-10(2)9-14-18-17(22-20-14)19-16(26)13-7-5-12(6-8-13)15-21-24-25(23-15)11(3)4/h5-8,10-11H,9H2,1-4H3,(H2,18,19,20,22,26). The summed E-state index contributed by atoms with van der Waals surface area (Å²) in [6.07, 6.45) is 0.779. The fraction of sp³-hybridized carbons (Fsp3) is 0.412. The lowest BCUT2D eigenvalue weighted by Crippen LogP contribution is -2.13. The van der Waals surface area contributed by atoms with Gasteiger partial charge in [-0.05, 0) is 37.1 Å². The van der Waals surface area contributed by atoms with Crippen LogP contribution in [0, 0.1) is 5.92 Å². The molecule has 0 saturated heterocycles. The Hall–Kier alpha value is -3.10. The quantitative estimate of drug-likeness (QED) is 0.703. The number of nitrogens with one attached hydrogen (secondary N) is 2. The zero-order chi connectivity index (χ0) is 18.7. The number of rotatable bonds is 6. The maximum Gasteiger partial charge on any atom is 0.258 e. The number of tetrazole rings is 1. The first-order valence-electron chi connectivity index (χ1n) is 8.55. The summed E-state index contributed by atoms with van der Waals surface area (Å²) < 4.78 is 0. The van der Waals surface area contributed by atoms with E-state index in [1.165, 1.54) is 0 Å². The van der Waals surface area contributed by atoms with E-state index < -0.39 is 0 Å². The molecule has 0 bridgehead atoms. The molecule has 26 heavy (non-hydrogen) atoms. The van der Waals surface area contributed by atoms with Crippen molar-refractivity contribution >= 4 is 11.9 Å². The molecule has 0 unspecified atom stereocenters. The molecule has 2 aromatic heterocycles. The summed E-state index contributed by atoms with van der Waals surface area (Å²) in [6.45, 7) is 8.15. The van der Waals surface area contributed by atoms with Gasteiger partial charge in [0.1, 0.15) is 5.82 Å². The molecule has 9 nitrogen and oxygen atoms in total. The van der Waals surface area contributed by atoms with E-state index in [9.17, 15) is 4.79 Å². The molecule has 2 heterocycles. The Labute approximate surface area is 151 Å². The molecule has 1 amide bonds. The lowest BCUT2D eigenvalue weighted by molar-refractivity contribution is 0.102. The van der Waals surface area contributed by atoms with Gasteiger partial charge in [-0.15, -0.1) is 15.3 Å². The average Bonchev–Trinajstić information content (AvgIpc) is 3.24. The van der Waals surface area contributed by atoms with Crippen molar-refractivity contribution in [3.8, 4) is 11.4 Å². The molecule has 0 radical (unpaired) electrons. The van der Waals surface area contributed by atoms with Crippen molar-refractivity contribution in [2.24, 2.45) is 5.92 Å². The molecular formula is C17H22N8O. The third-order valence-corrected chi connectivity index (χ3v) is 3.65. The Bertz CT molecular complexity index is 878. The second kappa shape index (κ2) is 7.42. The molecule has 0 atom stereocenters. The molecule has 2 N–H and O–H groups in total.